The van der Waals surface area contributed by atoms with Crippen LogP contribution in [-0.2, 0) is 0 Å². The van der Waals surface area contributed by atoms with Gasteiger partial charge in [0.1, 0.15) is 11.6 Å². The van der Waals surface area contributed by atoms with Gasteiger partial charge < -0.3 is 10.2 Å². The Morgan fingerprint density at radius 3 is 2.56 bits per heavy atom. The third-order valence-corrected chi connectivity index (χ3v) is 2.60. The maximum absolute atomic E-state index is 12.9. The van der Waals surface area contributed by atoms with Crippen LogP contribution in [0.2, 0.25) is 0 Å². The molecule has 1 aromatic heterocycles. The quantitative estimate of drug-likeness (QED) is 0.900. The molecule has 0 fully saturated rings. The molecule has 18 heavy (non-hydrogen) atoms. The number of aromatic nitrogens is 2. The van der Waals surface area contributed by atoms with Crippen LogP contribution in [0.4, 0.5) is 21.8 Å². The molecule has 0 atom stereocenters. The number of nitrogens with zero attached hydrogens (tertiary/aromatic N) is 3. The Morgan fingerprint density at radius 2 is 1.94 bits per heavy atom. The third kappa shape index (κ3) is 2.56. The average Bonchev–Trinajstić information content (AvgIpc) is 2.42. The van der Waals surface area contributed by atoms with Gasteiger partial charge in [0.15, 0.2) is 0 Å². The van der Waals surface area contributed by atoms with E-state index in [1.54, 1.807) is 25.4 Å². The van der Waals surface area contributed by atoms with Crippen molar-refractivity contribution in [2.24, 2.45) is 0 Å². The van der Waals surface area contributed by atoms with Crippen molar-refractivity contribution in [3.63, 3.8) is 0 Å². The zero-order chi connectivity index (χ0) is 13.0. The monoisotopic (exact) mass is 246 g/mol. The maximum Gasteiger partial charge on any atom is 0.224 e. The minimum Gasteiger partial charge on any atom is -0.357 e. The van der Waals surface area contributed by atoms with Crippen LogP contribution in [0, 0.1) is 5.82 Å². The first-order valence-corrected chi connectivity index (χ1v) is 5.78. The van der Waals surface area contributed by atoms with Gasteiger partial charge in [0.05, 0.1) is 0 Å². The minimum atomic E-state index is -0.242. The standard InChI is InChI=1S/C13H15FN4/c1-3-18(11-6-4-10(14)5-7-11)12-8-9-16-13(15-2)17-12/h4-9H,3H2,1-2H3,(H,15,16,17). The van der Waals surface area contributed by atoms with Crippen LogP contribution in [-0.4, -0.2) is 23.6 Å². The summed E-state index contributed by atoms with van der Waals surface area (Å²) in [5.74, 6) is 1.10. The lowest BCUT2D eigenvalue weighted by atomic mass is 10.2. The molecule has 94 valence electrons. The Kier molecular flexibility index (Phi) is 3.72. The Hall–Kier alpha value is -2.17. The number of hydrogen-bond acceptors (Lipinski definition) is 4. The summed E-state index contributed by atoms with van der Waals surface area (Å²) in [6.45, 7) is 2.76. The van der Waals surface area contributed by atoms with Gasteiger partial charge in [-0.3, -0.25) is 0 Å². The van der Waals surface area contributed by atoms with Gasteiger partial charge in [-0.2, -0.15) is 4.98 Å². The number of hydrogen-bond donors (Lipinski definition) is 1. The van der Waals surface area contributed by atoms with Gasteiger partial charge in [-0.1, -0.05) is 0 Å². The van der Waals surface area contributed by atoms with E-state index in [1.807, 2.05) is 17.9 Å². The predicted molar refractivity (Wildman–Crippen MR) is 70.7 cm³/mol. The lowest BCUT2D eigenvalue weighted by Crippen LogP contribution is -2.18. The van der Waals surface area contributed by atoms with E-state index in [1.165, 1.54) is 12.1 Å². The number of nitrogens with one attached hydrogen (secondary N) is 1. The van der Waals surface area contributed by atoms with Crippen molar-refractivity contribution in [3.8, 4) is 0 Å². The van der Waals surface area contributed by atoms with Gasteiger partial charge in [0.2, 0.25) is 5.95 Å². The molecule has 0 aliphatic heterocycles. The normalized spacial score (nSPS) is 10.2. The van der Waals surface area contributed by atoms with Gasteiger partial charge in [-0.05, 0) is 37.3 Å². The fraction of sp³-hybridized carbons (Fsp3) is 0.231. The van der Waals surface area contributed by atoms with E-state index in [-0.39, 0.29) is 5.82 Å². The zero-order valence-corrected chi connectivity index (χ0v) is 10.4. The molecule has 5 heteroatoms. The molecule has 2 rings (SSSR count). The van der Waals surface area contributed by atoms with Crippen molar-refractivity contribution in [3.05, 3.63) is 42.3 Å². The van der Waals surface area contributed by atoms with Crippen molar-refractivity contribution >= 4 is 17.5 Å². The van der Waals surface area contributed by atoms with Crippen LogP contribution >= 0.6 is 0 Å². The number of anilines is 3. The highest BCUT2D eigenvalue weighted by Crippen LogP contribution is 2.23. The number of halogens is 1. The van der Waals surface area contributed by atoms with Crippen LogP contribution in [0.3, 0.4) is 0 Å². The van der Waals surface area contributed by atoms with Crippen LogP contribution in [0.5, 0.6) is 0 Å². The summed E-state index contributed by atoms with van der Waals surface area (Å²) in [6, 6.07) is 8.18. The van der Waals surface area contributed by atoms with Gasteiger partial charge in [-0.15, -0.1) is 0 Å². The molecular weight excluding hydrogens is 231 g/mol. The molecule has 2 aromatic rings. The molecule has 1 aromatic carbocycles. The molecule has 0 aliphatic carbocycles. The molecule has 0 aliphatic rings. The molecule has 0 radical (unpaired) electrons. The Balaban J connectivity index is 2.35. The molecular formula is C13H15FN4. The van der Waals surface area contributed by atoms with Crippen molar-refractivity contribution in [1.82, 2.24) is 9.97 Å². The Labute approximate surface area is 105 Å². The van der Waals surface area contributed by atoms with E-state index in [9.17, 15) is 4.39 Å². The van der Waals surface area contributed by atoms with Crippen LogP contribution in [0.15, 0.2) is 36.5 Å². The maximum atomic E-state index is 12.9. The zero-order valence-electron chi connectivity index (χ0n) is 10.4. The molecule has 0 spiro atoms. The van der Waals surface area contributed by atoms with E-state index >= 15 is 0 Å². The van der Waals surface area contributed by atoms with E-state index in [4.69, 9.17) is 0 Å². The fourth-order valence-electron chi connectivity index (χ4n) is 1.72. The van der Waals surface area contributed by atoms with Crippen LogP contribution in [0.25, 0.3) is 0 Å². The first kappa shape index (κ1) is 12.3. The van der Waals surface area contributed by atoms with Crippen LogP contribution < -0.4 is 10.2 Å². The van der Waals surface area contributed by atoms with Crippen molar-refractivity contribution in [1.29, 1.82) is 0 Å². The molecule has 4 nitrogen and oxygen atoms in total. The summed E-state index contributed by atoms with van der Waals surface area (Å²) < 4.78 is 12.9. The van der Waals surface area contributed by atoms with E-state index in [0.717, 1.165) is 18.1 Å². The van der Waals surface area contributed by atoms with Gasteiger partial charge in [-0.25, -0.2) is 9.37 Å². The smallest absolute Gasteiger partial charge is 0.224 e. The van der Waals surface area contributed by atoms with Gasteiger partial charge in [0, 0.05) is 25.5 Å². The lowest BCUT2D eigenvalue weighted by Gasteiger charge is -2.22. The van der Waals surface area contributed by atoms with Crippen molar-refractivity contribution in [2.45, 2.75) is 6.92 Å². The molecule has 0 saturated carbocycles. The van der Waals surface area contributed by atoms with Gasteiger partial charge >= 0.3 is 0 Å². The highest BCUT2D eigenvalue weighted by atomic mass is 19.1. The first-order valence-electron chi connectivity index (χ1n) is 5.78. The molecule has 0 bridgehead atoms. The number of rotatable bonds is 4. The second-order valence-electron chi connectivity index (χ2n) is 3.71. The van der Waals surface area contributed by atoms with E-state index < -0.39 is 0 Å². The largest absolute Gasteiger partial charge is 0.357 e. The van der Waals surface area contributed by atoms with Crippen LogP contribution in [0.1, 0.15) is 6.92 Å². The summed E-state index contributed by atoms with van der Waals surface area (Å²) in [6.07, 6.45) is 1.69. The van der Waals surface area contributed by atoms with E-state index in [2.05, 4.69) is 15.3 Å². The summed E-state index contributed by atoms with van der Waals surface area (Å²) in [7, 11) is 1.77. The highest BCUT2D eigenvalue weighted by molar-refractivity contribution is 5.60. The predicted octanol–water partition coefficient (Wildman–Crippen LogP) is 2.82. The highest BCUT2D eigenvalue weighted by Gasteiger charge is 2.09. The summed E-state index contributed by atoms with van der Waals surface area (Å²) in [4.78, 5) is 10.4. The lowest BCUT2D eigenvalue weighted by molar-refractivity contribution is 0.628. The van der Waals surface area contributed by atoms with E-state index in [0.29, 0.717) is 5.95 Å². The fourth-order valence-corrected chi connectivity index (χ4v) is 1.72. The Morgan fingerprint density at radius 1 is 1.22 bits per heavy atom. The molecule has 1 heterocycles. The van der Waals surface area contributed by atoms with Crippen molar-refractivity contribution < 1.29 is 4.39 Å². The Bertz CT molecular complexity index is 513. The summed E-state index contributed by atoms with van der Waals surface area (Å²) in [5.41, 5.74) is 0.902. The molecule has 0 saturated heterocycles. The average molecular weight is 246 g/mol. The molecule has 1 N–H and O–H groups in total. The molecule has 0 unspecified atom stereocenters. The SMILES string of the molecule is CCN(c1ccc(F)cc1)c1ccnc(NC)n1. The number of benzene rings is 1. The minimum absolute atomic E-state index is 0.242. The molecule has 0 amide bonds. The summed E-state index contributed by atoms with van der Waals surface area (Å²) in [5, 5.41) is 2.90. The third-order valence-electron chi connectivity index (χ3n) is 2.60. The second kappa shape index (κ2) is 5.44. The first-order chi connectivity index (χ1) is 8.74. The summed E-state index contributed by atoms with van der Waals surface area (Å²) >= 11 is 0. The van der Waals surface area contributed by atoms with Gasteiger partial charge in [0.25, 0.3) is 0 Å². The van der Waals surface area contributed by atoms with Crippen molar-refractivity contribution in [2.75, 3.05) is 23.8 Å². The topological polar surface area (TPSA) is 41.1 Å². The second-order valence-corrected chi connectivity index (χ2v) is 3.71.